The molecule has 0 radical (unpaired) electrons. The van der Waals surface area contributed by atoms with Crippen molar-refractivity contribution in [3.63, 3.8) is 0 Å². The SMILES string of the molecule is Cc1cc(C)nc(Nc2cc(N)nn3cc(C4CCC(N)CC4)nc23)c1. The minimum Gasteiger partial charge on any atom is -0.382 e. The van der Waals surface area contributed by atoms with Crippen molar-refractivity contribution in [2.75, 3.05) is 11.1 Å². The lowest BCUT2D eigenvalue weighted by molar-refractivity contribution is 0.391. The Labute approximate surface area is 152 Å². The number of hydrogen-bond acceptors (Lipinski definition) is 6. The number of rotatable bonds is 3. The maximum Gasteiger partial charge on any atom is 0.177 e. The normalized spacial score (nSPS) is 20.4. The van der Waals surface area contributed by atoms with E-state index >= 15 is 0 Å². The summed E-state index contributed by atoms with van der Waals surface area (Å²) >= 11 is 0. The molecule has 4 rings (SSSR count). The van der Waals surface area contributed by atoms with Crippen LogP contribution in [0.15, 0.2) is 24.4 Å². The van der Waals surface area contributed by atoms with Crippen molar-refractivity contribution in [3.8, 4) is 0 Å². The first-order valence-corrected chi connectivity index (χ1v) is 9.11. The Bertz CT molecular complexity index is 918. The molecule has 0 aromatic carbocycles. The van der Waals surface area contributed by atoms with Crippen LogP contribution in [0.25, 0.3) is 5.65 Å². The number of fused-ring (bicyclic) bond motifs is 1. The average molecular weight is 351 g/mol. The first-order chi connectivity index (χ1) is 12.5. The summed E-state index contributed by atoms with van der Waals surface area (Å²) in [5.74, 6) is 1.66. The second kappa shape index (κ2) is 6.57. The number of nitrogens with one attached hydrogen (secondary N) is 1. The molecule has 1 fully saturated rings. The van der Waals surface area contributed by atoms with Crippen molar-refractivity contribution in [1.82, 2.24) is 19.6 Å². The van der Waals surface area contributed by atoms with E-state index in [1.54, 1.807) is 4.52 Å². The van der Waals surface area contributed by atoms with Crippen molar-refractivity contribution in [3.05, 3.63) is 41.3 Å². The van der Waals surface area contributed by atoms with Crippen LogP contribution in [0.3, 0.4) is 0 Å². The lowest BCUT2D eigenvalue weighted by Crippen LogP contribution is -2.25. The quantitative estimate of drug-likeness (QED) is 0.669. The highest BCUT2D eigenvalue weighted by Crippen LogP contribution is 2.33. The summed E-state index contributed by atoms with van der Waals surface area (Å²) in [4.78, 5) is 9.40. The summed E-state index contributed by atoms with van der Waals surface area (Å²) in [6.07, 6.45) is 6.23. The molecule has 0 amide bonds. The summed E-state index contributed by atoms with van der Waals surface area (Å²) in [5, 5.41) is 7.75. The van der Waals surface area contributed by atoms with Gasteiger partial charge in [-0.05, 0) is 57.2 Å². The van der Waals surface area contributed by atoms with Crippen LogP contribution < -0.4 is 16.8 Å². The van der Waals surface area contributed by atoms with E-state index in [9.17, 15) is 0 Å². The second-order valence-electron chi connectivity index (χ2n) is 7.32. The summed E-state index contributed by atoms with van der Waals surface area (Å²) in [6, 6.07) is 6.18. The Morgan fingerprint density at radius 3 is 2.58 bits per heavy atom. The van der Waals surface area contributed by atoms with Crippen LogP contribution >= 0.6 is 0 Å². The summed E-state index contributed by atoms with van der Waals surface area (Å²) in [6.45, 7) is 4.04. The van der Waals surface area contributed by atoms with Gasteiger partial charge >= 0.3 is 0 Å². The molecule has 7 nitrogen and oxygen atoms in total. The van der Waals surface area contributed by atoms with Gasteiger partial charge in [-0.3, -0.25) is 0 Å². The van der Waals surface area contributed by atoms with Crippen LogP contribution in [0, 0.1) is 13.8 Å². The molecule has 0 atom stereocenters. The molecular formula is C19H25N7. The van der Waals surface area contributed by atoms with Crippen molar-refractivity contribution in [2.24, 2.45) is 5.73 Å². The smallest absolute Gasteiger partial charge is 0.177 e. The predicted molar refractivity (Wildman–Crippen MR) is 104 cm³/mol. The van der Waals surface area contributed by atoms with Gasteiger partial charge in [0.25, 0.3) is 0 Å². The fourth-order valence-electron chi connectivity index (χ4n) is 3.76. The number of imidazole rings is 1. The van der Waals surface area contributed by atoms with E-state index in [1.807, 2.05) is 31.3 Å². The molecule has 0 bridgehead atoms. The van der Waals surface area contributed by atoms with Gasteiger partial charge in [-0.15, -0.1) is 5.10 Å². The van der Waals surface area contributed by atoms with E-state index in [4.69, 9.17) is 16.5 Å². The molecule has 26 heavy (non-hydrogen) atoms. The molecule has 7 heteroatoms. The molecule has 1 aliphatic carbocycles. The molecule has 0 spiro atoms. The summed E-state index contributed by atoms with van der Waals surface area (Å²) in [7, 11) is 0. The third-order valence-electron chi connectivity index (χ3n) is 5.01. The first-order valence-electron chi connectivity index (χ1n) is 9.11. The number of nitrogens with two attached hydrogens (primary N) is 2. The monoisotopic (exact) mass is 351 g/mol. The minimum atomic E-state index is 0.324. The minimum absolute atomic E-state index is 0.324. The van der Waals surface area contributed by atoms with Crippen LogP contribution in [-0.4, -0.2) is 25.6 Å². The van der Waals surface area contributed by atoms with Crippen LogP contribution in [0.4, 0.5) is 17.3 Å². The molecule has 3 heterocycles. The Balaban J connectivity index is 1.70. The van der Waals surface area contributed by atoms with E-state index in [2.05, 4.69) is 22.3 Å². The predicted octanol–water partition coefficient (Wildman–Crippen LogP) is 3.05. The molecule has 0 aliphatic heterocycles. The Kier molecular flexibility index (Phi) is 4.24. The third kappa shape index (κ3) is 3.35. The van der Waals surface area contributed by atoms with E-state index < -0.39 is 0 Å². The number of aromatic nitrogens is 4. The lowest BCUT2D eigenvalue weighted by Gasteiger charge is -2.24. The maximum atomic E-state index is 6.03. The molecule has 1 aliphatic rings. The highest BCUT2D eigenvalue weighted by Gasteiger charge is 2.23. The highest BCUT2D eigenvalue weighted by molar-refractivity contribution is 5.74. The summed E-state index contributed by atoms with van der Waals surface area (Å²) < 4.78 is 1.77. The zero-order valence-electron chi connectivity index (χ0n) is 15.2. The Hall–Kier alpha value is -2.67. The van der Waals surface area contributed by atoms with E-state index in [1.165, 1.54) is 0 Å². The number of nitrogens with zero attached hydrogens (tertiary/aromatic N) is 4. The fourth-order valence-corrected chi connectivity index (χ4v) is 3.76. The average Bonchev–Trinajstić information content (AvgIpc) is 2.98. The summed E-state index contributed by atoms with van der Waals surface area (Å²) in [5.41, 5.74) is 16.8. The van der Waals surface area contributed by atoms with Crippen LogP contribution in [0.1, 0.15) is 48.6 Å². The van der Waals surface area contributed by atoms with E-state index in [-0.39, 0.29) is 0 Å². The van der Waals surface area contributed by atoms with Gasteiger partial charge in [-0.25, -0.2) is 14.5 Å². The van der Waals surface area contributed by atoms with Crippen LogP contribution in [0.5, 0.6) is 0 Å². The van der Waals surface area contributed by atoms with Gasteiger partial charge < -0.3 is 16.8 Å². The number of nitrogen functional groups attached to an aromatic ring is 1. The van der Waals surface area contributed by atoms with Gasteiger partial charge in [0.05, 0.1) is 17.6 Å². The third-order valence-corrected chi connectivity index (χ3v) is 5.01. The molecule has 136 valence electrons. The van der Waals surface area contributed by atoms with E-state index in [0.29, 0.717) is 17.8 Å². The molecule has 3 aromatic rings. The van der Waals surface area contributed by atoms with Gasteiger partial charge in [0.1, 0.15) is 11.6 Å². The van der Waals surface area contributed by atoms with Crippen molar-refractivity contribution in [2.45, 2.75) is 51.5 Å². The molecule has 3 aromatic heterocycles. The van der Waals surface area contributed by atoms with Gasteiger partial charge in [0.2, 0.25) is 0 Å². The zero-order chi connectivity index (χ0) is 18.3. The van der Waals surface area contributed by atoms with Crippen LogP contribution in [-0.2, 0) is 0 Å². The van der Waals surface area contributed by atoms with Gasteiger partial charge in [0.15, 0.2) is 5.65 Å². The fraction of sp³-hybridized carbons (Fsp3) is 0.421. The zero-order valence-corrected chi connectivity index (χ0v) is 15.2. The van der Waals surface area contributed by atoms with Crippen LogP contribution in [0.2, 0.25) is 0 Å². The molecule has 0 unspecified atom stereocenters. The van der Waals surface area contributed by atoms with E-state index in [0.717, 1.165) is 59.8 Å². The number of pyridine rings is 1. The van der Waals surface area contributed by atoms with Crippen molar-refractivity contribution < 1.29 is 0 Å². The largest absolute Gasteiger partial charge is 0.382 e. The Morgan fingerprint density at radius 1 is 1.08 bits per heavy atom. The molecule has 5 N–H and O–H groups in total. The van der Waals surface area contributed by atoms with Crippen molar-refractivity contribution in [1.29, 1.82) is 0 Å². The molecular weight excluding hydrogens is 326 g/mol. The molecule has 1 saturated carbocycles. The second-order valence-corrected chi connectivity index (χ2v) is 7.32. The first kappa shape index (κ1) is 16.8. The number of hydrogen-bond donors (Lipinski definition) is 3. The lowest BCUT2D eigenvalue weighted by atomic mass is 9.85. The van der Waals surface area contributed by atoms with Gasteiger partial charge in [-0.1, -0.05) is 0 Å². The number of anilines is 3. The topological polar surface area (TPSA) is 107 Å². The standard InChI is InChI=1S/C19H25N7/c1-11-7-12(2)22-18(8-11)23-15-9-17(21)25-26-10-16(24-19(15)26)13-3-5-14(20)6-4-13/h7-10,13-14H,3-6,20H2,1-2H3,(H2,21,25)(H,22,23). The van der Waals surface area contributed by atoms with Gasteiger partial charge in [-0.2, -0.15) is 0 Å². The highest BCUT2D eigenvalue weighted by atomic mass is 15.3. The molecule has 0 saturated heterocycles. The Morgan fingerprint density at radius 2 is 1.85 bits per heavy atom. The number of aryl methyl sites for hydroxylation is 2. The van der Waals surface area contributed by atoms with Gasteiger partial charge in [0, 0.05) is 23.7 Å². The van der Waals surface area contributed by atoms with Crippen molar-refractivity contribution >= 4 is 23.0 Å². The maximum absolute atomic E-state index is 6.03.